The molecule has 0 radical (unpaired) electrons. The van der Waals surface area contributed by atoms with Crippen LogP contribution in [-0.4, -0.2) is 45.4 Å². The molecule has 0 atom stereocenters. The lowest BCUT2D eigenvalue weighted by Gasteiger charge is -2.32. The molecule has 6 heteroatoms. The summed E-state index contributed by atoms with van der Waals surface area (Å²) in [5.41, 5.74) is 4.19. The van der Waals surface area contributed by atoms with E-state index in [0.29, 0.717) is 12.6 Å². The van der Waals surface area contributed by atoms with E-state index in [1.54, 1.807) is 0 Å². The molecule has 3 aromatic carbocycles. The normalized spacial score (nSPS) is 15.3. The first-order valence-electron chi connectivity index (χ1n) is 11.2. The maximum absolute atomic E-state index is 13.0. The lowest BCUT2D eigenvalue weighted by atomic mass is 9.98. The van der Waals surface area contributed by atoms with E-state index in [1.165, 1.54) is 0 Å². The molecule has 0 unspecified atom stereocenters. The molecule has 0 bridgehead atoms. The highest BCUT2D eigenvalue weighted by atomic mass is 16.2. The number of nitrogens with one attached hydrogen (secondary N) is 1. The molecule has 0 aliphatic carbocycles. The molecular formula is C26H27N5O. The number of hydrogen-bond acceptors (Lipinski definition) is 4. The van der Waals surface area contributed by atoms with Gasteiger partial charge in [-0.05, 0) is 36.1 Å². The summed E-state index contributed by atoms with van der Waals surface area (Å²) in [6.45, 7) is 2.14. The molecule has 1 aromatic heterocycles. The van der Waals surface area contributed by atoms with Gasteiger partial charge in [0.15, 0.2) is 0 Å². The molecule has 1 fully saturated rings. The molecule has 1 amide bonds. The van der Waals surface area contributed by atoms with Gasteiger partial charge in [-0.2, -0.15) is 0 Å². The fraction of sp³-hybridized carbons (Fsp3) is 0.269. The van der Waals surface area contributed by atoms with Crippen molar-refractivity contribution in [3.05, 3.63) is 96.1 Å². The standard InChI is InChI=1S/C26H27N5O/c32-25(27-26(20-9-3-1-4-10-20)21-11-5-2-6-12-21)19-30-17-15-22(16-18-30)31-24-14-8-7-13-23(24)28-29-31/h1-14,22,26H,15-19H2,(H,27,32). The predicted molar refractivity (Wildman–Crippen MR) is 125 cm³/mol. The molecule has 5 rings (SSSR count). The zero-order valence-corrected chi connectivity index (χ0v) is 18.0. The fourth-order valence-corrected chi connectivity index (χ4v) is 4.54. The Balaban J connectivity index is 1.21. The van der Waals surface area contributed by atoms with Crippen molar-refractivity contribution >= 4 is 16.9 Å². The summed E-state index contributed by atoms with van der Waals surface area (Å²) in [6, 6.07) is 28.5. The Bertz CT molecular complexity index is 1130. The molecule has 1 N–H and O–H groups in total. The van der Waals surface area contributed by atoms with E-state index in [-0.39, 0.29) is 11.9 Å². The highest BCUT2D eigenvalue weighted by Crippen LogP contribution is 2.26. The largest absolute Gasteiger partial charge is 0.344 e. The first-order chi connectivity index (χ1) is 15.8. The fourth-order valence-electron chi connectivity index (χ4n) is 4.54. The van der Waals surface area contributed by atoms with Crippen LogP contribution in [0.15, 0.2) is 84.9 Å². The number of likely N-dealkylation sites (tertiary alicyclic amines) is 1. The van der Waals surface area contributed by atoms with Gasteiger partial charge in [-0.15, -0.1) is 5.10 Å². The molecule has 2 heterocycles. The van der Waals surface area contributed by atoms with Crippen LogP contribution in [0.2, 0.25) is 0 Å². The summed E-state index contributed by atoms with van der Waals surface area (Å²) in [4.78, 5) is 15.2. The van der Waals surface area contributed by atoms with Gasteiger partial charge < -0.3 is 5.32 Å². The summed E-state index contributed by atoms with van der Waals surface area (Å²) < 4.78 is 2.05. The number of fused-ring (bicyclic) bond motifs is 1. The van der Waals surface area contributed by atoms with Crippen LogP contribution in [0, 0.1) is 0 Å². The number of piperidine rings is 1. The lowest BCUT2D eigenvalue weighted by molar-refractivity contribution is -0.123. The van der Waals surface area contributed by atoms with Gasteiger partial charge in [0.2, 0.25) is 5.91 Å². The van der Waals surface area contributed by atoms with Crippen LogP contribution in [-0.2, 0) is 4.79 Å². The number of hydrogen-bond donors (Lipinski definition) is 1. The van der Waals surface area contributed by atoms with Crippen molar-refractivity contribution in [1.82, 2.24) is 25.2 Å². The number of amides is 1. The number of carbonyl (C=O) groups is 1. The minimum absolute atomic E-state index is 0.0485. The Morgan fingerprint density at radius 3 is 2.12 bits per heavy atom. The first-order valence-corrected chi connectivity index (χ1v) is 11.2. The third-order valence-corrected chi connectivity index (χ3v) is 6.22. The quantitative estimate of drug-likeness (QED) is 0.508. The topological polar surface area (TPSA) is 63.1 Å². The highest BCUT2D eigenvalue weighted by molar-refractivity contribution is 5.79. The van der Waals surface area contributed by atoms with E-state index in [1.807, 2.05) is 59.3 Å². The van der Waals surface area contributed by atoms with Gasteiger partial charge in [0, 0.05) is 13.1 Å². The van der Waals surface area contributed by atoms with Crippen molar-refractivity contribution in [1.29, 1.82) is 0 Å². The zero-order chi connectivity index (χ0) is 21.8. The van der Waals surface area contributed by atoms with Crippen molar-refractivity contribution in [2.45, 2.75) is 24.9 Å². The number of carbonyl (C=O) groups excluding carboxylic acids is 1. The molecule has 4 aromatic rings. The van der Waals surface area contributed by atoms with Gasteiger partial charge >= 0.3 is 0 Å². The molecular weight excluding hydrogens is 398 g/mol. The second-order valence-electron chi connectivity index (χ2n) is 8.35. The van der Waals surface area contributed by atoms with Crippen molar-refractivity contribution < 1.29 is 4.79 Å². The van der Waals surface area contributed by atoms with Crippen LogP contribution in [0.1, 0.15) is 36.1 Å². The van der Waals surface area contributed by atoms with Gasteiger partial charge in [0.25, 0.3) is 0 Å². The Kier molecular flexibility index (Phi) is 5.94. The molecule has 0 spiro atoms. The molecule has 1 saturated heterocycles. The Morgan fingerprint density at radius 2 is 1.47 bits per heavy atom. The van der Waals surface area contributed by atoms with Crippen LogP contribution in [0.3, 0.4) is 0 Å². The Hall–Kier alpha value is -3.51. The van der Waals surface area contributed by atoms with Gasteiger partial charge in [-0.1, -0.05) is 78.0 Å². The Labute approximate surface area is 187 Å². The second-order valence-corrected chi connectivity index (χ2v) is 8.35. The van der Waals surface area contributed by atoms with Crippen molar-refractivity contribution in [2.75, 3.05) is 19.6 Å². The maximum Gasteiger partial charge on any atom is 0.234 e. The summed E-state index contributed by atoms with van der Waals surface area (Å²) in [6.07, 6.45) is 1.92. The number of rotatable bonds is 6. The maximum atomic E-state index is 13.0. The van der Waals surface area contributed by atoms with E-state index in [9.17, 15) is 4.79 Å². The average molecular weight is 426 g/mol. The van der Waals surface area contributed by atoms with Crippen LogP contribution < -0.4 is 5.32 Å². The van der Waals surface area contributed by atoms with Crippen LogP contribution in [0.4, 0.5) is 0 Å². The SMILES string of the molecule is O=C(CN1CCC(n2nnc3ccccc32)CC1)NC(c1ccccc1)c1ccccc1. The molecule has 0 saturated carbocycles. The highest BCUT2D eigenvalue weighted by Gasteiger charge is 2.25. The van der Waals surface area contributed by atoms with E-state index < -0.39 is 0 Å². The summed E-state index contributed by atoms with van der Waals surface area (Å²) in [7, 11) is 0. The smallest absolute Gasteiger partial charge is 0.234 e. The zero-order valence-electron chi connectivity index (χ0n) is 18.0. The number of nitrogens with zero attached hydrogens (tertiary/aromatic N) is 4. The predicted octanol–water partition coefficient (Wildman–Crippen LogP) is 3.97. The number of aromatic nitrogens is 3. The average Bonchev–Trinajstić information content (AvgIpc) is 3.28. The first kappa shape index (κ1) is 20.4. The van der Waals surface area contributed by atoms with Crippen molar-refractivity contribution in [3.8, 4) is 0 Å². The van der Waals surface area contributed by atoms with E-state index >= 15 is 0 Å². The molecule has 32 heavy (non-hydrogen) atoms. The van der Waals surface area contributed by atoms with E-state index in [4.69, 9.17) is 0 Å². The molecule has 1 aliphatic heterocycles. The Morgan fingerprint density at radius 1 is 0.875 bits per heavy atom. The third-order valence-electron chi connectivity index (χ3n) is 6.22. The van der Waals surface area contributed by atoms with Crippen molar-refractivity contribution in [2.24, 2.45) is 0 Å². The number of benzene rings is 3. The van der Waals surface area contributed by atoms with Gasteiger partial charge in [-0.25, -0.2) is 4.68 Å². The van der Waals surface area contributed by atoms with Crippen LogP contribution >= 0.6 is 0 Å². The minimum atomic E-state index is -0.149. The van der Waals surface area contributed by atoms with Crippen LogP contribution in [0.25, 0.3) is 11.0 Å². The van der Waals surface area contributed by atoms with Gasteiger partial charge in [-0.3, -0.25) is 9.69 Å². The van der Waals surface area contributed by atoms with Crippen molar-refractivity contribution in [3.63, 3.8) is 0 Å². The number of para-hydroxylation sites is 1. The third kappa shape index (κ3) is 4.41. The van der Waals surface area contributed by atoms with Gasteiger partial charge in [0.05, 0.1) is 24.1 Å². The summed E-state index contributed by atoms with van der Waals surface area (Å²) in [5.74, 6) is 0.0485. The molecule has 1 aliphatic rings. The summed E-state index contributed by atoms with van der Waals surface area (Å²) in [5, 5.41) is 11.9. The minimum Gasteiger partial charge on any atom is -0.344 e. The molecule has 162 valence electrons. The van der Waals surface area contributed by atoms with Crippen LogP contribution in [0.5, 0.6) is 0 Å². The monoisotopic (exact) mass is 425 g/mol. The summed E-state index contributed by atoms with van der Waals surface area (Å²) >= 11 is 0. The van der Waals surface area contributed by atoms with E-state index in [2.05, 4.69) is 50.9 Å². The lowest BCUT2D eigenvalue weighted by Crippen LogP contribution is -2.43. The van der Waals surface area contributed by atoms with Gasteiger partial charge in [0.1, 0.15) is 5.52 Å². The second kappa shape index (κ2) is 9.32. The van der Waals surface area contributed by atoms with E-state index in [0.717, 1.165) is 48.1 Å². The molecule has 6 nitrogen and oxygen atoms in total.